The number of piperidine rings is 1. The van der Waals surface area contributed by atoms with Crippen LogP contribution in [-0.2, 0) is 20.8 Å². The SMILES string of the molecule is CC[C@H](C)[C@H](NC(=O)[C@H](Cc1c[nH]c2ccccc12)NC(=O)[C@@H]1CCCCN1)C(=O)O. The number of para-hydroxylation sites is 1. The zero-order chi connectivity index (χ0) is 22.4. The minimum absolute atomic E-state index is 0.227. The number of hydrogen-bond acceptors (Lipinski definition) is 4. The fraction of sp³-hybridized carbons (Fsp3) is 0.522. The molecule has 0 unspecified atom stereocenters. The lowest BCUT2D eigenvalue weighted by Gasteiger charge is -2.27. The molecule has 1 fully saturated rings. The molecule has 2 amide bonds. The van der Waals surface area contributed by atoms with Crippen molar-refractivity contribution in [2.45, 2.75) is 64.1 Å². The number of carboxylic acid groups (broad SMARTS) is 1. The number of benzene rings is 1. The monoisotopic (exact) mass is 428 g/mol. The van der Waals surface area contributed by atoms with E-state index in [0.717, 1.165) is 42.3 Å². The maximum Gasteiger partial charge on any atom is 0.326 e. The van der Waals surface area contributed by atoms with E-state index in [-0.39, 0.29) is 24.3 Å². The van der Waals surface area contributed by atoms with Gasteiger partial charge in [0.15, 0.2) is 0 Å². The number of carbonyl (C=O) groups is 3. The van der Waals surface area contributed by atoms with Gasteiger partial charge in [-0.15, -0.1) is 0 Å². The first-order valence-corrected chi connectivity index (χ1v) is 11.0. The molecule has 1 aromatic carbocycles. The van der Waals surface area contributed by atoms with E-state index >= 15 is 0 Å². The second-order valence-electron chi connectivity index (χ2n) is 8.34. The lowest BCUT2D eigenvalue weighted by atomic mass is 9.97. The molecule has 168 valence electrons. The average molecular weight is 429 g/mol. The lowest BCUT2D eigenvalue weighted by Crippen LogP contribution is -2.57. The molecule has 8 heteroatoms. The Hall–Kier alpha value is -2.87. The van der Waals surface area contributed by atoms with Gasteiger partial charge in [-0.3, -0.25) is 9.59 Å². The number of aliphatic carboxylic acids is 1. The second-order valence-corrected chi connectivity index (χ2v) is 8.34. The minimum atomic E-state index is -1.08. The highest BCUT2D eigenvalue weighted by atomic mass is 16.4. The van der Waals surface area contributed by atoms with E-state index in [9.17, 15) is 19.5 Å². The smallest absolute Gasteiger partial charge is 0.326 e. The van der Waals surface area contributed by atoms with E-state index in [1.54, 1.807) is 6.92 Å². The standard InChI is InChI=1S/C23H32N4O4/c1-3-14(2)20(23(30)31)27-22(29)19(26-21(28)18-10-6-7-11-24-18)12-15-13-25-17-9-5-4-8-16(15)17/h4-5,8-9,13-14,18-20,24-25H,3,6-7,10-12H2,1-2H3,(H,26,28)(H,27,29)(H,30,31)/t14-,18-,19-,20-/m0/s1. The first-order chi connectivity index (χ1) is 14.9. The van der Waals surface area contributed by atoms with Crippen molar-refractivity contribution in [3.63, 3.8) is 0 Å². The maximum absolute atomic E-state index is 13.1. The minimum Gasteiger partial charge on any atom is -0.480 e. The van der Waals surface area contributed by atoms with Crippen molar-refractivity contribution in [3.05, 3.63) is 36.0 Å². The van der Waals surface area contributed by atoms with Gasteiger partial charge >= 0.3 is 5.97 Å². The highest BCUT2D eigenvalue weighted by molar-refractivity contribution is 5.93. The summed E-state index contributed by atoms with van der Waals surface area (Å²) in [7, 11) is 0. The summed E-state index contributed by atoms with van der Waals surface area (Å²) < 4.78 is 0. The molecule has 2 aromatic rings. The third kappa shape index (κ3) is 5.64. The Morgan fingerprint density at radius 1 is 1.19 bits per heavy atom. The topological polar surface area (TPSA) is 123 Å². The van der Waals surface area contributed by atoms with Gasteiger partial charge in [0, 0.05) is 23.5 Å². The maximum atomic E-state index is 13.1. The third-order valence-corrected chi connectivity index (χ3v) is 6.14. The Bertz CT molecular complexity index is 919. The van der Waals surface area contributed by atoms with Gasteiger partial charge in [-0.25, -0.2) is 4.79 Å². The number of amides is 2. The predicted octanol–water partition coefficient (Wildman–Crippen LogP) is 1.95. The summed E-state index contributed by atoms with van der Waals surface area (Å²) in [5.74, 6) is -2.02. The number of carbonyl (C=O) groups excluding carboxylic acids is 2. The molecule has 1 saturated heterocycles. The molecule has 0 saturated carbocycles. The van der Waals surface area contributed by atoms with E-state index in [2.05, 4.69) is 20.9 Å². The van der Waals surface area contributed by atoms with Gasteiger partial charge in [-0.05, 0) is 36.9 Å². The summed E-state index contributed by atoms with van der Waals surface area (Å²) in [6, 6.07) is 5.53. The Morgan fingerprint density at radius 2 is 1.97 bits per heavy atom. The van der Waals surface area contributed by atoms with Crippen molar-refractivity contribution >= 4 is 28.7 Å². The fourth-order valence-electron chi connectivity index (χ4n) is 4.01. The molecular weight excluding hydrogens is 396 g/mol. The molecule has 2 heterocycles. The van der Waals surface area contributed by atoms with Crippen LogP contribution in [0.3, 0.4) is 0 Å². The molecule has 31 heavy (non-hydrogen) atoms. The highest BCUT2D eigenvalue weighted by Gasteiger charge is 2.31. The van der Waals surface area contributed by atoms with E-state index in [1.165, 1.54) is 0 Å². The molecule has 8 nitrogen and oxygen atoms in total. The number of H-pyrrole nitrogens is 1. The average Bonchev–Trinajstić information content (AvgIpc) is 3.19. The summed E-state index contributed by atoms with van der Waals surface area (Å²) in [6.45, 7) is 4.44. The largest absolute Gasteiger partial charge is 0.480 e. The number of rotatable bonds is 9. The summed E-state index contributed by atoms with van der Waals surface area (Å²) >= 11 is 0. The van der Waals surface area contributed by atoms with Crippen LogP contribution < -0.4 is 16.0 Å². The summed E-state index contributed by atoms with van der Waals surface area (Å²) in [6.07, 6.45) is 5.42. The Morgan fingerprint density at radius 3 is 2.65 bits per heavy atom. The Labute approximate surface area is 182 Å². The van der Waals surface area contributed by atoms with Crippen molar-refractivity contribution in [1.29, 1.82) is 0 Å². The normalized spacial score (nSPS) is 19.4. The van der Waals surface area contributed by atoms with Crippen molar-refractivity contribution in [3.8, 4) is 0 Å². The van der Waals surface area contributed by atoms with Crippen LogP contribution in [0.4, 0.5) is 0 Å². The first-order valence-electron chi connectivity index (χ1n) is 11.0. The van der Waals surface area contributed by atoms with Gasteiger partial charge in [0.1, 0.15) is 12.1 Å². The molecule has 0 spiro atoms. The number of fused-ring (bicyclic) bond motifs is 1. The zero-order valence-electron chi connectivity index (χ0n) is 18.1. The van der Waals surface area contributed by atoms with Gasteiger partial charge in [0.05, 0.1) is 6.04 Å². The third-order valence-electron chi connectivity index (χ3n) is 6.14. The fourth-order valence-corrected chi connectivity index (χ4v) is 4.01. The first kappa shape index (κ1) is 22.8. The van der Waals surface area contributed by atoms with E-state index in [4.69, 9.17) is 0 Å². The van der Waals surface area contributed by atoms with E-state index in [1.807, 2.05) is 37.4 Å². The molecule has 1 aromatic heterocycles. The molecule has 1 aliphatic heterocycles. The van der Waals surface area contributed by atoms with Crippen LogP contribution in [0.15, 0.2) is 30.5 Å². The van der Waals surface area contributed by atoms with Crippen molar-refractivity contribution in [2.75, 3.05) is 6.54 Å². The number of hydrogen-bond donors (Lipinski definition) is 5. The van der Waals surface area contributed by atoms with Crippen LogP contribution in [0.2, 0.25) is 0 Å². The van der Waals surface area contributed by atoms with Crippen LogP contribution in [0.1, 0.15) is 45.1 Å². The van der Waals surface area contributed by atoms with Crippen LogP contribution in [-0.4, -0.2) is 52.5 Å². The molecule has 0 aliphatic carbocycles. The highest BCUT2D eigenvalue weighted by Crippen LogP contribution is 2.20. The van der Waals surface area contributed by atoms with E-state index < -0.39 is 24.0 Å². The van der Waals surface area contributed by atoms with Crippen LogP contribution in [0.5, 0.6) is 0 Å². The molecule has 5 N–H and O–H groups in total. The van der Waals surface area contributed by atoms with Crippen molar-refractivity contribution in [1.82, 2.24) is 20.9 Å². The number of nitrogens with one attached hydrogen (secondary N) is 4. The van der Waals surface area contributed by atoms with Crippen molar-refractivity contribution < 1.29 is 19.5 Å². The molecular formula is C23H32N4O4. The van der Waals surface area contributed by atoms with Gasteiger partial charge in [-0.2, -0.15) is 0 Å². The van der Waals surface area contributed by atoms with Crippen LogP contribution >= 0.6 is 0 Å². The summed E-state index contributed by atoms with van der Waals surface area (Å²) in [5, 5.41) is 19.3. The molecule has 3 rings (SSSR count). The zero-order valence-corrected chi connectivity index (χ0v) is 18.1. The van der Waals surface area contributed by atoms with Crippen LogP contribution in [0.25, 0.3) is 10.9 Å². The molecule has 1 aliphatic rings. The molecule has 0 bridgehead atoms. The number of aromatic nitrogens is 1. The molecule has 0 radical (unpaired) electrons. The predicted molar refractivity (Wildman–Crippen MR) is 119 cm³/mol. The van der Waals surface area contributed by atoms with Gasteiger partial charge in [0.25, 0.3) is 0 Å². The van der Waals surface area contributed by atoms with Gasteiger partial charge < -0.3 is 26.0 Å². The second kappa shape index (κ2) is 10.4. The van der Waals surface area contributed by atoms with Crippen LogP contribution in [0, 0.1) is 5.92 Å². The molecule has 4 atom stereocenters. The Kier molecular flexibility index (Phi) is 7.68. The van der Waals surface area contributed by atoms with Gasteiger partial charge in [0.2, 0.25) is 11.8 Å². The quantitative estimate of drug-likeness (QED) is 0.418. The van der Waals surface area contributed by atoms with Gasteiger partial charge in [-0.1, -0.05) is 44.9 Å². The Balaban J connectivity index is 1.81. The van der Waals surface area contributed by atoms with Crippen molar-refractivity contribution in [2.24, 2.45) is 5.92 Å². The van der Waals surface area contributed by atoms with E-state index in [0.29, 0.717) is 6.42 Å². The number of aromatic amines is 1. The summed E-state index contributed by atoms with van der Waals surface area (Å²) in [4.78, 5) is 40.9. The number of carboxylic acids is 1. The lowest BCUT2D eigenvalue weighted by molar-refractivity contribution is -0.143. The summed E-state index contributed by atoms with van der Waals surface area (Å²) in [5.41, 5.74) is 1.84.